The lowest BCUT2D eigenvalue weighted by Crippen LogP contribution is -2.36. The first kappa shape index (κ1) is 22.2. The highest BCUT2D eigenvalue weighted by atomic mass is 35.5. The number of hydrogen-bond donors (Lipinski definition) is 2. The van der Waals surface area contributed by atoms with Crippen LogP contribution >= 0.6 is 11.6 Å². The van der Waals surface area contributed by atoms with Crippen LogP contribution < -0.4 is 10.1 Å². The van der Waals surface area contributed by atoms with Crippen LogP contribution in [0.15, 0.2) is 55.0 Å². The summed E-state index contributed by atoms with van der Waals surface area (Å²) in [4.78, 5) is 25.5. The van der Waals surface area contributed by atoms with Gasteiger partial charge in [0.1, 0.15) is 6.61 Å². The molecule has 166 valence electrons. The Balaban J connectivity index is 1.53. The largest absolute Gasteiger partial charge is 0.469 e. The standard InChI is InChI=1S/C24H25ClN4O3/c25-19-8-6-16(7-9-19)20-12-18(23(31)28-13-17-4-1-2-5-21(17)30)14-29-24(20)32-15-22-26-10-3-11-27-22/h3,6-12,14,17,21,30H,1-2,4-5,13,15H2,(H,28,31)/t17-,21-/m0/s1. The number of aromatic nitrogens is 3. The molecular weight excluding hydrogens is 428 g/mol. The summed E-state index contributed by atoms with van der Waals surface area (Å²) in [6.07, 6.45) is 8.26. The van der Waals surface area contributed by atoms with Crippen molar-refractivity contribution in [3.63, 3.8) is 0 Å². The Bertz CT molecular complexity index is 1050. The van der Waals surface area contributed by atoms with Crippen molar-refractivity contribution in [3.8, 4) is 17.0 Å². The van der Waals surface area contributed by atoms with Gasteiger partial charge in [-0.3, -0.25) is 4.79 Å². The molecule has 7 nitrogen and oxygen atoms in total. The number of benzene rings is 1. The zero-order valence-corrected chi connectivity index (χ0v) is 18.3. The Labute approximate surface area is 191 Å². The molecule has 8 heteroatoms. The van der Waals surface area contributed by atoms with E-state index in [1.54, 1.807) is 36.7 Å². The number of rotatable bonds is 7. The van der Waals surface area contributed by atoms with E-state index in [1.165, 1.54) is 6.20 Å². The van der Waals surface area contributed by atoms with Gasteiger partial charge in [-0.25, -0.2) is 15.0 Å². The SMILES string of the molecule is O=C(NC[C@@H]1CCCC[C@@H]1O)c1cnc(OCc2ncccn2)c(-c2ccc(Cl)cc2)c1. The zero-order valence-electron chi connectivity index (χ0n) is 17.6. The van der Waals surface area contributed by atoms with Crippen LogP contribution in [0.5, 0.6) is 5.88 Å². The van der Waals surface area contributed by atoms with Gasteiger partial charge in [-0.05, 0) is 42.7 Å². The minimum absolute atomic E-state index is 0.0878. The van der Waals surface area contributed by atoms with Gasteiger partial charge in [-0.15, -0.1) is 0 Å². The molecule has 3 aromatic rings. The topological polar surface area (TPSA) is 97.2 Å². The number of carbonyl (C=O) groups excluding carboxylic acids is 1. The first-order chi connectivity index (χ1) is 15.6. The molecule has 2 atom stereocenters. The third kappa shape index (κ3) is 5.60. The molecule has 0 bridgehead atoms. The van der Waals surface area contributed by atoms with Crippen molar-refractivity contribution in [2.24, 2.45) is 5.92 Å². The molecule has 1 fully saturated rings. The van der Waals surface area contributed by atoms with Crippen LogP contribution in [0.3, 0.4) is 0 Å². The van der Waals surface area contributed by atoms with Gasteiger partial charge in [0, 0.05) is 41.6 Å². The van der Waals surface area contributed by atoms with Crippen LogP contribution in [0, 0.1) is 5.92 Å². The fourth-order valence-electron chi connectivity index (χ4n) is 3.82. The van der Waals surface area contributed by atoms with Gasteiger partial charge >= 0.3 is 0 Å². The van der Waals surface area contributed by atoms with Gasteiger partial charge < -0.3 is 15.2 Å². The van der Waals surface area contributed by atoms with E-state index in [4.69, 9.17) is 16.3 Å². The van der Waals surface area contributed by atoms with Crippen molar-refractivity contribution in [1.29, 1.82) is 0 Å². The average Bonchev–Trinajstić information content (AvgIpc) is 2.83. The Morgan fingerprint density at radius 2 is 1.88 bits per heavy atom. The molecule has 0 spiro atoms. The molecule has 1 aliphatic rings. The summed E-state index contributed by atoms with van der Waals surface area (Å²) in [5.41, 5.74) is 1.91. The fourth-order valence-corrected chi connectivity index (χ4v) is 3.94. The summed E-state index contributed by atoms with van der Waals surface area (Å²) < 4.78 is 5.88. The molecule has 1 aliphatic carbocycles. The first-order valence-corrected chi connectivity index (χ1v) is 11.1. The van der Waals surface area contributed by atoms with Crippen molar-refractivity contribution in [1.82, 2.24) is 20.3 Å². The first-order valence-electron chi connectivity index (χ1n) is 10.7. The summed E-state index contributed by atoms with van der Waals surface area (Å²) in [6, 6.07) is 10.7. The Morgan fingerprint density at radius 3 is 2.62 bits per heavy atom. The molecular formula is C24H25ClN4O3. The number of pyridine rings is 1. The third-order valence-corrected chi connectivity index (χ3v) is 5.87. The second kappa shape index (κ2) is 10.5. The minimum atomic E-state index is -0.359. The number of aliphatic hydroxyl groups excluding tert-OH is 1. The number of carbonyl (C=O) groups is 1. The predicted molar refractivity (Wildman–Crippen MR) is 121 cm³/mol. The van der Waals surface area contributed by atoms with Crippen LogP contribution in [-0.2, 0) is 6.61 Å². The van der Waals surface area contributed by atoms with Gasteiger partial charge in [0.05, 0.1) is 11.7 Å². The normalized spacial score (nSPS) is 18.2. The van der Waals surface area contributed by atoms with Crippen LogP contribution in [0.4, 0.5) is 0 Å². The van der Waals surface area contributed by atoms with E-state index in [9.17, 15) is 9.90 Å². The maximum Gasteiger partial charge on any atom is 0.252 e. The predicted octanol–water partition coefficient (Wildman–Crippen LogP) is 4.05. The molecule has 2 N–H and O–H groups in total. The molecule has 0 aliphatic heterocycles. The molecule has 0 radical (unpaired) electrons. The third-order valence-electron chi connectivity index (χ3n) is 5.62. The molecule has 2 heterocycles. The lowest BCUT2D eigenvalue weighted by atomic mass is 9.86. The summed E-state index contributed by atoms with van der Waals surface area (Å²) in [6.45, 7) is 0.597. The van der Waals surface area contributed by atoms with Crippen molar-refractivity contribution < 1.29 is 14.6 Å². The monoisotopic (exact) mass is 452 g/mol. The number of ether oxygens (including phenoxy) is 1. The minimum Gasteiger partial charge on any atom is -0.469 e. The molecule has 0 unspecified atom stereocenters. The number of aliphatic hydroxyl groups is 1. The molecule has 0 saturated heterocycles. The highest BCUT2D eigenvalue weighted by molar-refractivity contribution is 6.30. The fraction of sp³-hybridized carbons (Fsp3) is 0.333. The van der Waals surface area contributed by atoms with Gasteiger partial charge in [0.15, 0.2) is 5.82 Å². The molecule has 32 heavy (non-hydrogen) atoms. The van der Waals surface area contributed by atoms with Crippen molar-refractivity contribution >= 4 is 17.5 Å². The molecule has 4 rings (SSSR count). The van der Waals surface area contributed by atoms with E-state index in [0.717, 1.165) is 31.2 Å². The maximum absolute atomic E-state index is 12.8. The van der Waals surface area contributed by atoms with Crippen LogP contribution in [0.25, 0.3) is 11.1 Å². The number of nitrogens with one attached hydrogen (secondary N) is 1. The quantitative estimate of drug-likeness (QED) is 0.561. The Hall–Kier alpha value is -3.03. The number of hydrogen-bond acceptors (Lipinski definition) is 6. The van der Waals surface area contributed by atoms with Crippen LogP contribution in [0.2, 0.25) is 5.02 Å². The Morgan fingerprint density at radius 1 is 1.12 bits per heavy atom. The number of nitrogens with zero attached hydrogens (tertiary/aromatic N) is 3. The second-order valence-electron chi connectivity index (χ2n) is 7.86. The van der Waals surface area contributed by atoms with E-state index >= 15 is 0 Å². The van der Waals surface area contributed by atoms with Crippen molar-refractivity contribution in [2.75, 3.05) is 6.54 Å². The molecule has 1 amide bonds. The van der Waals surface area contributed by atoms with E-state index in [0.29, 0.717) is 34.4 Å². The highest BCUT2D eigenvalue weighted by Crippen LogP contribution is 2.30. The number of halogens is 1. The lowest BCUT2D eigenvalue weighted by Gasteiger charge is -2.27. The van der Waals surface area contributed by atoms with E-state index in [2.05, 4.69) is 20.3 Å². The van der Waals surface area contributed by atoms with Gasteiger partial charge in [-0.2, -0.15) is 0 Å². The Kier molecular flexibility index (Phi) is 7.29. The van der Waals surface area contributed by atoms with Crippen LogP contribution in [0.1, 0.15) is 41.9 Å². The average molecular weight is 453 g/mol. The smallest absolute Gasteiger partial charge is 0.252 e. The van der Waals surface area contributed by atoms with Crippen LogP contribution in [-0.4, -0.2) is 38.6 Å². The molecule has 2 aromatic heterocycles. The van der Waals surface area contributed by atoms with Gasteiger partial charge in [-0.1, -0.05) is 36.6 Å². The molecule has 1 saturated carbocycles. The maximum atomic E-state index is 12.8. The van der Waals surface area contributed by atoms with E-state index in [1.807, 2.05) is 12.1 Å². The van der Waals surface area contributed by atoms with Crippen molar-refractivity contribution in [3.05, 3.63) is 71.4 Å². The lowest BCUT2D eigenvalue weighted by molar-refractivity contribution is 0.0663. The van der Waals surface area contributed by atoms with E-state index < -0.39 is 0 Å². The number of amides is 1. The zero-order chi connectivity index (χ0) is 22.3. The summed E-state index contributed by atoms with van der Waals surface area (Å²) in [5, 5.41) is 13.7. The second-order valence-corrected chi connectivity index (χ2v) is 8.30. The van der Waals surface area contributed by atoms with E-state index in [-0.39, 0.29) is 24.5 Å². The summed E-state index contributed by atoms with van der Waals surface area (Å²) in [7, 11) is 0. The van der Waals surface area contributed by atoms with Gasteiger partial charge in [0.2, 0.25) is 5.88 Å². The summed E-state index contributed by atoms with van der Waals surface area (Å²) in [5.74, 6) is 0.761. The molecule has 1 aromatic carbocycles. The van der Waals surface area contributed by atoms with Gasteiger partial charge in [0.25, 0.3) is 5.91 Å². The summed E-state index contributed by atoms with van der Waals surface area (Å²) >= 11 is 6.04. The highest BCUT2D eigenvalue weighted by Gasteiger charge is 2.24. The van der Waals surface area contributed by atoms with Crippen molar-refractivity contribution in [2.45, 2.75) is 38.4 Å².